The van der Waals surface area contributed by atoms with Crippen LogP contribution in [0, 0.1) is 0 Å². The van der Waals surface area contributed by atoms with E-state index < -0.39 is 0 Å². The van der Waals surface area contributed by atoms with Gasteiger partial charge in [-0.15, -0.1) is 0 Å². The lowest BCUT2D eigenvalue weighted by Crippen LogP contribution is -2.24. The fourth-order valence-electron chi connectivity index (χ4n) is 3.94. The minimum atomic E-state index is -0.0240. The summed E-state index contributed by atoms with van der Waals surface area (Å²) in [5.74, 6) is -0.0240. The van der Waals surface area contributed by atoms with Crippen molar-refractivity contribution < 1.29 is 4.79 Å². The summed E-state index contributed by atoms with van der Waals surface area (Å²) in [5, 5.41) is 4.40. The summed E-state index contributed by atoms with van der Waals surface area (Å²) in [5.41, 5.74) is 4.32. The number of rotatable bonds is 6. The van der Waals surface area contributed by atoms with Crippen LogP contribution in [-0.2, 0) is 11.3 Å². The van der Waals surface area contributed by atoms with Gasteiger partial charge in [-0.25, -0.2) is 4.68 Å². The quantitative estimate of drug-likeness (QED) is 0.538. The van der Waals surface area contributed by atoms with Gasteiger partial charge < -0.3 is 9.80 Å². The molecular weight excluding hydrogens is 384 g/mol. The third kappa shape index (κ3) is 5.63. The molecule has 1 aliphatic rings. The number of likely N-dealkylation sites (N-methyl/N-ethyl adjacent to an activating group) is 1. The number of hydrogen-bond acceptors (Lipinski definition) is 3. The lowest BCUT2D eigenvalue weighted by Gasteiger charge is -2.22. The van der Waals surface area contributed by atoms with Crippen molar-refractivity contribution in [2.24, 2.45) is 0 Å². The summed E-state index contributed by atoms with van der Waals surface area (Å²) in [6.45, 7) is 2.79. The standard InChI is InChI=1S/C26H30N4O/c1-28(20-23-19-27-30(21-23)25-9-5-4-6-10-25)26(31)16-13-22-11-14-24(15-12-22)29-17-7-2-3-8-18-29/h4-6,9-16,19,21H,2-3,7-8,17-18,20H2,1H3. The summed E-state index contributed by atoms with van der Waals surface area (Å²) in [4.78, 5) is 16.7. The van der Waals surface area contributed by atoms with Gasteiger partial charge in [-0.3, -0.25) is 4.79 Å². The number of nitrogens with zero attached hydrogens (tertiary/aromatic N) is 4. The SMILES string of the molecule is CN(Cc1cnn(-c2ccccc2)c1)C(=O)C=Cc1ccc(N2CCCCCC2)cc1. The van der Waals surface area contributed by atoms with E-state index in [0.717, 1.165) is 29.9 Å². The Balaban J connectivity index is 1.33. The van der Waals surface area contributed by atoms with E-state index in [4.69, 9.17) is 0 Å². The number of para-hydroxylation sites is 1. The van der Waals surface area contributed by atoms with Gasteiger partial charge in [0.2, 0.25) is 5.91 Å². The highest BCUT2D eigenvalue weighted by atomic mass is 16.2. The fourth-order valence-corrected chi connectivity index (χ4v) is 3.94. The number of anilines is 1. The maximum atomic E-state index is 12.6. The first-order valence-corrected chi connectivity index (χ1v) is 11.1. The van der Waals surface area contributed by atoms with Crippen molar-refractivity contribution in [2.45, 2.75) is 32.2 Å². The molecule has 4 rings (SSSR count). The molecule has 1 fully saturated rings. The zero-order valence-electron chi connectivity index (χ0n) is 18.2. The molecule has 5 heteroatoms. The van der Waals surface area contributed by atoms with Crippen molar-refractivity contribution in [3.05, 3.63) is 84.2 Å². The molecule has 0 spiro atoms. The molecule has 2 heterocycles. The van der Waals surface area contributed by atoms with Crippen LogP contribution in [-0.4, -0.2) is 40.7 Å². The summed E-state index contributed by atoms with van der Waals surface area (Å²) in [6.07, 6.45) is 12.5. The second kappa shape index (κ2) is 10.1. The van der Waals surface area contributed by atoms with E-state index in [1.165, 1.54) is 31.4 Å². The van der Waals surface area contributed by atoms with Crippen molar-refractivity contribution in [3.8, 4) is 5.69 Å². The van der Waals surface area contributed by atoms with Crippen LogP contribution in [0.3, 0.4) is 0 Å². The lowest BCUT2D eigenvalue weighted by molar-refractivity contribution is -0.125. The predicted molar refractivity (Wildman–Crippen MR) is 126 cm³/mol. The summed E-state index contributed by atoms with van der Waals surface area (Å²) in [7, 11) is 1.81. The second-order valence-corrected chi connectivity index (χ2v) is 8.15. The molecule has 1 saturated heterocycles. The molecule has 0 N–H and O–H groups in total. The molecule has 1 aliphatic heterocycles. The minimum absolute atomic E-state index is 0.0240. The van der Waals surface area contributed by atoms with Crippen LogP contribution in [0.1, 0.15) is 36.8 Å². The molecule has 0 atom stereocenters. The maximum absolute atomic E-state index is 12.6. The average Bonchev–Trinajstić information content (AvgIpc) is 3.10. The van der Waals surface area contributed by atoms with Crippen LogP contribution >= 0.6 is 0 Å². The molecular formula is C26H30N4O. The van der Waals surface area contributed by atoms with Gasteiger partial charge in [0.1, 0.15) is 0 Å². The minimum Gasteiger partial charge on any atom is -0.372 e. The first-order valence-electron chi connectivity index (χ1n) is 11.1. The van der Waals surface area contributed by atoms with E-state index in [1.54, 1.807) is 11.0 Å². The Labute approximate surface area is 184 Å². The highest BCUT2D eigenvalue weighted by Gasteiger charge is 2.10. The normalized spacial score (nSPS) is 14.5. The van der Waals surface area contributed by atoms with Gasteiger partial charge in [0, 0.05) is 50.2 Å². The van der Waals surface area contributed by atoms with E-state index in [9.17, 15) is 4.79 Å². The lowest BCUT2D eigenvalue weighted by atomic mass is 10.1. The molecule has 0 aliphatic carbocycles. The molecule has 0 bridgehead atoms. The van der Waals surface area contributed by atoms with Crippen molar-refractivity contribution in [2.75, 3.05) is 25.0 Å². The van der Waals surface area contributed by atoms with E-state index in [1.807, 2.05) is 60.5 Å². The van der Waals surface area contributed by atoms with E-state index in [0.29, 0.717) is 6.54 Å². The first kappa shape index (κ1) is 20.9. The zero-order chi connectivity index (χ0) is 21.5. The van der Waals surface area contributed by atoms with E-state index in [-0.39, 0.29) is 5.91 Å². The predicted octanol–water partition coefficient (Wildman–Crippen LogP) is 4.92. The molecule has 2 aromatic carbocycles. The smallest absolute Gasteiger partial charge is 0.246 e. The van der Waals surface area contributed by atoms with Gasteiger partial charge in [0.15, 0.2) is 0 Å². The Morgan fingerprint density at radius 2 is 1.68 bits per heavy atom. The number of amides is 1. The number of aromatic nitrogens is 2. The fraction of sp³-hybridized carbons (Fsp3) is 0.308. The molecule has 0 unspecified atom stereocenters. The third-order valence-electron chi connectivity index (χ3n) is 5.74. The number of hydrogen-bond donors (Lipinski definition) is 0. The summed E-state index contributed by atoms with van der Waals surface area (Å²) in [6, 6.07) is 18.5. The average molecular weight is 415 g/mol. The molecule has 3 aromatic rings. The van der Waals surface area contributed by atoms with Crippen LogP contribution in [0.2, 0.25) is 0 Å². The number of carbonyl (C=O) groups is 1. The topological polar surface area (TPSA) is 41.4 Å². The van der Waals surface area contributed by atoms with Gasteiger partial charge in [0.25, 0.3) is 0 Å². The van der Waals surface area contributed by atoms with Gasteiger partial charge in [0.05, 0.1) is 11.9 Å². The van der Waals surface area contributed by atoms with Crippen molar-refractivity contribution >= 4 is 17.7 Å². The van der Waals surface area contributed by atoms with Gasteiger partial charge in [-0.1, -0.05) is 43.2 Å². The van der Waals surface area contributed by atoms with Gasteiger partial charge >= 0.3 is 0 Å². The van der Waals surface area contributed by atoms with Crippen molar-refractivity contribution in [1.29, 1.82) is 0 Å². The Morgan fingerprint density at radius 3 is 2.39 bits per heavy atom. The van der Waals surface area contributed by atoms with Crippen LogP contribution in [0.5, 0.6) is 0 Å². The molecule has 1 amide bonds. The van der Waals surface area contributed by atoms with E-state index in [2.05, 4.69) is 34.3 Å². The summed E-state index contributed by atoms with van der Waals surface area (Å²) >= 11 is 0. The van der Waals surface area contributed by atoms with Crippen LogP contribution < -0.4 is 4.90 Å². The number of benzene rings is 2. The second-order valence-electron chi connectivity index (χ2n) is 8.15. The van der Waals surface area contributed by atoms with Gasteiger partial charge in [-0.05, 0) is 48.7 Å². The molecule has 160 valence electrons. The zero-order valence-corrected chi connectivity index (χ0v) is 18.2. The molecule has 0 saturated carbocycles. The number of carbonyl (C=O) groups excluding carboxylic acids is 1. The Bertz CT molecular complexity index is 999. The first-order chi connectivity index (χ1) is 15.2. The molecule has 0 radical (unpaired) electrons. The Hall–Kier alpha value is -3.34. The monoisotopic (exact) mass is 414 g/mol. The largest absolute Gasteiger partial charge is 0.372 e. The van der Waals surface area contributed by atoms with Crippen LogP contribution in [0.25, 0.3) is 11.8 Å². The molecule has 1 aromatic heterocycles. The van der Waals surface area contributed by atoms with Crippen LogP contribution in [0.4, 0.5) is 5.69 Å². The Kier molecular flexibility index (Phi) is 6.82. The summed E-state index contributed by atoms with van der Waals surface area (Å²) < 4.78 is 1.83. The maximum Gasteiger partial charge on any atom is 0.246 e. The Morgan fingerprint density at radius 1 is 0.968 bits per heavy atom. The highest BCUT2D eigenvalue weighted by molar-refractivity contribution is 5.91. The van der Waals surface area contributed by atoms with Gasteiger partial charge in [-0.2, -0.15) is 5.10 Å². The molecule has 31 heavy (non-hydrogen) atoms. The van der Waals surface area contributed by atoms with E-state index >= 15 is 0 Å². The highest BCUT2D eigenvalue weighted by Crippen LogP contribution is 2.20. The molecule has 5 nitrogen and oxygen atoms in total. The van der Waals surface area contributed by atoms with Crippen molar-refractivity contribution in [3.63, 3.8) is 0 Å². The van der Waals surface area contributed by atoms with Crippen molar-refractivity contribution in [1.82, 2.24) is 14.7 Å². The van der Waals surface area contributed by atoms with Crippen LogP contribution in [0.15, 0.2) is 73.1 Å². The third-order valence-corrected chi connectivity index (χ3v) is 5.74.